The van der Waals surface area contributed by atoms with Gasteiger partial charge in [-0.2, -0.15) is 0 Å². The highest BCUT2D eigenvalue weighted by atomic mass is 16.5. The van der Waals surface area contributed by atoms with Gasteiger partial charge in [0.2, 0.25) is 0 Å². The van der Waals surface area contributed by atoms with Gasteiger partial charge in [-0.15, -0.1) is 5.10 Å². The number of hydrogen-bond donors (Lipinski definition) is 2. The minimum absolute atomic E-state index is 0.239. The van der Waals surface area contributed by atoms with E-state index in [1.54, 1.807) is 42.5 Å². The van der Waals surface area contributed by atoms with Crippen LogP contribution in [-0.4, -0.2) is 27.9 Å². The summed E-state index contributed by atoms with van der Waals surface area (Å²) in [5, 5.41) is 13.2. The molecule has 0 fully saturated rings. The number of benzene rings is 2. The number of rotatable bonds is 8. The lowest BCUT2D eigenvalue weighted by Crippen LogP contribution is -2.13. The number of nitrogens with zero attached hydrogens (tertiary/aromatic N) is 2. The van der Waals surface area contributed by atoms with Gasteiger partial charge in [0, 0.05) is 18.1 Å². The van der Waals surface area contributed by atoms with Gasteiger partial charge in [-0.3, -0.25) is 14.7 Å². The lowest BCUT2D eigenvalue weighted by molar-refractivity contribution is 0.102. The number of nitrogens with one attached hydrogen (secondary N) is 2. The first-order chi connectivity index (χ1) is 16.7. The predicted molar refractivity (Wildman–Crippen MR) is 130 cm³/mol. The maximum Gasteiger partial charge on any atom is 0.255 e. The molecule has 2 heterocycles. The molecule has 2 aromatic carbocycles. The molecule has 0 aliphatic heterocycles. The first-order valence-electron chi connectivity index (χ1n) is 11.1. The van der Waals surface area contributed by atoms with E-state index >= 15 is 0 Å². The van der Waals surface area contributed by atoms with Crippen LogP contribution in [0.25, 0.3) is 22.4 Å². The van der Waals surface area contributed by atoms with Crippen LogP contribution in [0.15, 0.2) is 63.9 Å². The third-order valence-electron chi connectivity index (χ3n) is 5.14. The molecule has 4 rings (SSSR count). The summed E-state index contributed by atoms with van der Waals surface area (Å²) in [5.41, 5.74) is 1.31. The Morgan fingerprint density at radius 2 is 2.00 bits per heavy atom. The number of anilines is 1. The van der Waals surface area contributed by atoms with Gasteiger partial charge < -0.3 is 14.5 Å². The lowest BCUT2D eigenvalue weighted by atomic mass is 10.1. The normalized spacial score (nSPS) is 10.5. The molecule has 0 aliphatic carbocycles. The van der Waals surface area contributed by atoms with Crippen molar-refractivity contribution in [3.8, 4) is 29.0 Å². The number of H-pyrrole nitrogens is 1. The third-order valence-corrected chi connectivity index (χ3v) is 5.14. The molecule has 0 atom stereocenters. The third kappa shape index (κ3) is 5.51. The number of hydrogen-bond acceptors (Lipinski definition) is 6. The number of carbonyl (C=O) groups excluding carboxylic acids is 1. The molecule has 1 amide bonds. The minimum Gasteiger partial charge on any atom is -0.481 e. The number of fused-ring (bicyclic) bond motifs is 1. The van der Waals surface area contributed by atoms with Gasteiger partial charge in [0.15, 0.2) is 16.8 Å². The summed E-state index contributed by atoms with van der Waals surface area (Å²) in [6.45, 7) is 2.47. The Labute approximate surface area is 196 Å². The van der Waals surface area contributed by atoms with Gasteiger partial charge in [-0.1, -0.05) is 42.9 Å². The zero-order valence-electron chi connectivity index (χ0n) is 18.8. The summed E-state index contributed by atoms with van der Waals surface area (Å²) in [5.74, 6) is 6.67. The van der Waals surface area contributed by atoms with Crippen molar-refractivity contribution in [2.45, 2.75) is 32.6 Å². The number of aromatic nitrogens is 3. The lowest BCUT2D eigenvalue weighted by Gasteiger charge is -2.09. The fraction of sp³-hybridized carbons (Fsp3) is 0.231. The second kappa shape index (κ2) is 11.0. The monoisotopic (exact) mass is 456 g/mol. The van der Waals surface area contributed by atoms with Crippen LogP contribution in [0.5, 0.6) is 5.75 Å². The Kier molecular flexibility index (Phi) is 7.35. The maximum atomic E-state index is 12.8. The van der Waals surface area contributed by atoms with E-state index in [-0.39, 0.29) is 22.7 Å². The van der Waals surface area contributed by atoms with Crippen LogP contribution in [0, 0.1) is 11.8 Å². The van der Waals surface area contributed by atoms with Crippen LogP contribution >= 0.6 is 0 Å². The van der Waals surface area contributed by atoms with Crippen LogP contribution in [0.4, 0.5) is 5.69 Å². The zero-order valence-corrected chi connectivity index (χ0v) is 18.8. The predicted octanol–water partition coefficient (Wildman–Crippen LogP) is 4.79. The molecular weight excluding hydrogens is 432 g/mol. The largest absolute Gasteiger partial charge is 0.481 e. The van der Waals surface area contributed by atoms with Crippen molar-refractivity contribution >= 4 is 22.6 Å². The molecule has 172 valence electrons. The summed E-state index contributed by atoms with van der Waals surface area (Å²) < 4.78 is 11.5. The number of carbonyl (C=O) groups is 1. The smallest absolute Gasteiger partial charge is 0.255 e. The van der Waals surface area contributed by atoms with Crippen molar-refractivity contribution in [3.63, 3.8) is 0 Å². The van der Waals surface area contributed by atoms with Crippen molar-refractivity contribution in [2.75, 3.05) is 11.9 Å². The molecule has 34 heavy (non-hydrogen) atoms. The summed E-state index contributed by atoms with van der Waals surface area (Å²) in [6, 6.07) is 13.1. The molecule has 8 nitrogen and oxygen atoms in total. The Morgan fingerprint density at radius 1 is 1.15 bits per heavy atom. The van der Waals surface area contributed by atoms with Crippen molar-refractivity contribution in [3.05, 3.63) is 70.5 Å². The van der Waals surface area contributed by atoms with E-state index in [9.17, 15) is 9.59 Å². The van der Waals surface area contributed by atoms with Crippen LogP contribution in [0.1, 0.15) is 43.0 Å². The van der Waals surface area contributed by atoms with Crippen LogP contribution in [0.3, 0.4) is 0 Å². The highest BCUT2D eigenvalue weighted by Crippen LogP contribution is 2.26. The summed E-state index contributed by atoms with van der Waals surface area (Å²) in [6.07, 6.45) is 5.80. The van der Waals surface area contributed by atoms with Crippen LogP contribution in [0.2, 0.25) is 0 Å². The van der Waals surface area contributed by atoms with Gasteiger partial charge in [0.05, 0.1) is 17.3 Å². The van der Waals surface area contributed by atoms with E-state index in [4.69, 9.17) is 9.15 Å². The van der Waals surface area contributed by atoms with Gasteiger partial charge in [0.25, 0.3) is 5.91 Å². The second-order valence-corrected chi connectivity index (χ2v) is 7.61. The molecule has 2 N–H and O–H groups in total. The quantitative estimate of drug-likeness (QED) is 0.291. The van der Waals surface area contributed by atoms with E-state index in [1.165, 1.54) is 25.1 Å². The molecule has 0 bridgehead atoms. The van der Waals surface area contributed by atoms with Crippen molar-refractivity contribution in [1.29, 1.82) is 0 Å². The summed E-state index contributed by atoms with van der Waals surface area (Å²) in [7, 11) is 0. The molecule has 0 saturated carbocycles. The standard InChI is InChI=1S/C26H24N4O4/c1-2-3-4-5-6-7-15-33-19-13-11-18(12-14-19)26(32)28-21-10-8-9-20-23(31)16-24(34-25(20)21)22-17-27-30-29-22/h8-14,16-17H,2-5,15H2,1H3,(H,28,32)(H,27,29,30). The fourth-order valence-corrected chi connectivity index (χ4v) is 3.34. The minimum atomic E-state index is -0.342. The topological polar surface area (TPSA) is 110 Å². The average Bonchev–Trinajstić information content (AvgIpc) is 3.39. The fourth-order valence-electron chi connectivity index (χ4n) is 3.34. The first-order valence-corrected chi connectivity index (χ1v) is 11.1. The molecule has 8 heteroatoms. The Bertz CT molecular complexity index is 1380. The highest BCUT2D eigenvalue weighted by Gasteiger charge is 2.14. The van der Waals surface area contributed by atoms with E-state index in [1.807, 2.05) is 0 Å². The SMILES string of the molecule is CCCCCC#CCOc1ccc(C(=O)Nc2cccc3c(=O)cc(-c4cnn[nH]4)oc23)cc1. The number of para-hydroxylation sites is 1. The summed E-state index contributed by atoms with van der Waals surface area (Å²) in [4.78, 5) is 25.4. The van der Waals surface area contributed by atoms with E-state index in [0.29, 0.717) is 34.7 Å². The van der Waals surface area contributed by atoms with E-state index in [0.717, 1.165) is 12.8 Å². The molecule has 0 saturated heterocycles. The molecule has 0 aliphatic rings. The Balaban J connectivity index is 1.45. The van der Waals surface area contributed by atoms with Crippen molar-refractivity contribution in [2.24, 2.45) is 0 Å². The molecular formula is C26H24N4O4. The van der Waals surface area contributed by atoms with Gasteiger partial charge in [-0.05, 0) is 42.8 Å². The Hall–Kier alpha value is -4.38. The van der Waals surface area contributed by atoms with Gasteiger partial charge >= 0.3 is 0 Å². The second-order valence-electron chi connectivity index (χ2n) is 7.61. The van der Waals surface area contributed by atoms with E-state index in [2.05, 4.69) is 39.5 Å². The van der Waals surface area contributed by atoms with Crippen LogP contribution < -0.4 is 15.5 Å². The molecule has 0 radical (unpaired) electrons. The van der Waals surface area contributed by atoms with E-state index < -0.39 is 0 Å². The number of ether oxygens (including phenoxy) is 1. The molecule has 0 unspecified atom stereocenters. The van der Waals surface area contributed by atoms with Crippen molar-refractivity contribution < 1.29 is 13.9 Å². The number of unbranched alkanes of at least 4 members (excludes halogenated alkanes) is 3. The zero-order chi connectivity index (χ0) is 23.8. The van der Waals surface area contributed by atoms with Gasteiger partial charge in [-0.25, -0.2) is 0 Å². The molecule has 0 spiro atoms. The first kappa shape index (κ1) is 22.8. The maximum absolute atomic E-state index is 12.8. The average molecular weight is 457 g/mol. The van der Waals surface area contributed by atoms with Crippen LogP contribution in [-0.2, 0) is 0 Å². The molecule has 4 aromatic rings. The Morgan fingerprint density at radius 3 is 2.76 bits per heavy atom. The highest BCUT2D eigenvalue weighted by molar-refractivity contribution is 6.08. The van der Waals surface area contributed by atoms with Gasteiger partial charge in [0.1, 0.15) is 18.1 Å². The van der Waals surface area contributed by atoms with Crippen molar-refractivity contribution in [1.82, 2.24) is 15.4 Å². The molecule has 2 aromatic heterocycles. The summed E-state index contributed by atoms with van der Waals surface area (Å²) >= 11 is 0. The number of aromatic amines is 1. The number of amides is 1.